The Morgan fingerprint density at radius 3 is 2.89 bits per heavy atom. The van der Waals surface area contributed by atoms with Crippen molar-refractivity contribution in [1.82, 2.24) is 34.3 Å². The van der Waals surface area contributed by atoms with Gasteiger partial charge in [-0.2, -0.15) is 0 Å². The zero-order chi connectivity index (χ0) is 19.1. The van der Waals surface area contributed by atoms with Gasteiger partial charge in [-0.3, -0.25) is 18.9 Å². The molecule has 4 aromatic rings. The smallest absolute Gasteiger partial charge is 0.262 e. The van der Waals surface area contributed by atoms with Gasteiger partial charge in [0.25, 0.3) is 5.56 Å². The van der Waals surface area contributed by atoms with Crippen molar-refractivity contribution < 1.29 is 0 Å². The molecule has 8 nitrogen and oxygen atoms in total. The monoisotopic (exact) mass is 395 g/mol. The largest absolute Gasteiger partial charge is 0.279 e. The highest BCUT2D eigenvalue weighted by Gasteiger charge is 2.18. The molecule has 144 valence electrons. The highest BCUT2D eigenvalue weighted by molar-refractivity contribution is 7.98. The molecule has 0 aliphatic heterocycles. The number of nitrogens with zero attached hydrogens (tertiary/aromatic N) is 6. The van der Waals surface area contributed by atoms with Crippen molar-refractivity contribution in [2.24, 2.45) is 13.0 Å². The minimum Gasteiger partial charge on any atom is -0.279 e. The molecule has 1 N–H and O–H groups in total. The molecule has 0 saturated heterocycles. The number of fused-ring (bicyclic) bond motifs is 3. The molecule has 3 heterocycles. The molecule has 5 rings (SSSR count). The molecule has 28 heavy (non-hydrogen) atoms. The summed E-state index contributed by atoms with van der Waals surface area (Å²) < 4.78 is 3.48. The van der Waals surface area contributed by atoms with Crippen LogP contribution in [0.15, 0.2) is 34.2 Å². The third-order valence-electron chi connectivity index (χ3n) is 5.49. The maximum absolute atomic E-state index is 12.5. The second kappa shape index (κ2) is 7.05. The first-order chi connectivity index (χ1) is 13.7. The van der Waals surface area contributed by atoms with Crippen LogP contribution in [0.25, 0.3) is 16.7 Å². The first-order valence-electron chi connectivity index (χ1n) is 9.56. The van der Waals surface area contributed by atoms with E-state index in [4.69, 9.17) is 0 Å². The Morgan fingerprint density at radius 1 is 1.21 bits per heavy atom. The molecule has 1 saturated carbocycles. The molecule has 1 aliphatic carbocycles. The van der Waals surface area contributed by atoms with Crippen molar-refractivity contribution in [1.29, 1.82) is 0 Å². The minimum atomic E-state index is -0.0692. The fraction of sp³-hybridized carbons (Fsp3) is 0.421. The summed E-state index contributed by atoms with van der Waals surface area (Å²) in [6.07, 6.45) is 6.23. The number of para-hydroxylation sites is 1. The number of nitrogens with one attached hydrogen (secondary N) is 1. The molecule has 0 amide bonds. The van der Waals surface area contributed by atoms with Gasteiger partial charge in [0, 0.05) is 13.5 Å². The van der Waals surface area contributed by atoms with Crippen LogP contribution in [0.2, 0.25) is 0 Å². The summed E-state index contributed by atoms with van der Waals surface area (Å²) >= 11 is 1.53. The molecule has 0 spiro atoms. The van der Waals surface area contributed by atoms with Crippen molar-refractivity contribution >= 4 is 28.4 Å². The normalized spacial score (nSPS) is 15.2. The number of aromatic amines is 1. The summed E-state index contributed by atoms with van der Waals surface area (Å²) in [6, 6.07) is 7.54. The van der Waals surface area contributed by atoms with E-state index < -0.39 is 0 Å². The van der Waals surface area contributed by atoms with Crippen LogP contribution in [0.3, 0.4) is 0 Å². The van der Waals surface area contributed by atoms with Crippen molar-refractivity contribution in [3.05, 3.63) is 46.3 Å². The number of H-pyrrole nitrogens is 1. The molecule has 1 aromatic carbocycles. The molecule has 3 aromatic heterocycles. The highest BCUT2D eigenvalue weighted by atomic mass is 32.2. The number of benzene rings is 1. The summed E-state index contributed by atoms with van der Waals surface area (Å²) in [6.45, 7) is 0. The quantitative estimate of drug-likeness (QED) is 0.522. The number of aryl methyl sites for hydroxylation is 1. The van der Waals surface area contributed by atoms with Crippen LogP contribution in [0.5, 0.6) is 0 Å². The van der Waals surface area contributed by atoms with E-state index in [1.165, 1.54) is 42.0 Å². The molecule has 0 bridgehead atoms. The van der Waals surface area contributed by atoms with Crippen LogP contribution < -0.4 is 5.56 Å². The second-order valence-corrected chi connectivity index (χ2v) is 8.28. The number of hydrogen-bond donors (Lipinski definition) is 1. The van der Waals surface area contributed by atoms with Crippen molar-refractivity contribution in [2.75, 3.05) is 0 Å². The van der Waals surface area contributed by atoms with Gasteiger partial charge >= 0.3 is 0 Å². The van der Waals surface area contributed by atoms with Crippen molar-refractivity contribution in [3.63, 3.8) is 0 Å². The molecule has 9 heteroatoms. The molecule has 0 unspecified atom stereocenters. The van der Waals surface area contributed by atoms with Gasteiger partial charge in [0.05, 0.1) is 16.7 Å². The Morgan fingerprint density at radius 2 is 2.04 bits per heavy atom. The standard InChI is InChI=1S/C19H21N7OS/c1-25-17(27)13-8-4-5-9-14(13)26-16(22-24-19(25)26)11-28-18-20-15(21-23-18)10-12-6-2-3-7-12/h4-5,8-9,12H,2-3,6-7,10-11H2,1H3,(H,20,21,23). The SMILES string of the molecule is Cn1c(=O)c2ccccc2n2c(CSc3n[nH]c(CC4CCCC4)n3)nnc12. The van der Waals surface area contributed by atoms with Gasteiger partial charge in [-0.15, -0.1) is 15.3 Å². The van der Waals surface area contributed by atoms with Crippen LogP contribution in [0.1, 0.15) is 37.3 Å². The number of rotatable bonds is 5. The first kappa shape index (κ1) is 17.4. The maximum Gasteiger partial charge on any atom is 0.262 e. The summed E-state index contributed by atoms with van der Waals surface area (Å²) in [4.78, 5) is 17.2. The lowest BCUT2D eigenvalue weighted by atomic mass is 10.0. The first-order valence-corrected chi connectivity index (χ1v) is 10.5. The number of hydrogen-bond acceptors (Lipinski definition) is 6. The minimum absolute atomic E-state index is 0.0692. The van der Waals surface area contributed by atoms with Gasteiger partial charge in [0.1, 0.15) is 11.6 Å². The predicted octanol–water partition coefficient (Wildman–Crippen LogP) is 2.72. The van der Waals surface area contributed by atoms with Crippen LogP contribution in [-0.2, 0) is 19.2 Å². The lowest BCUT2D eigenvalue weighted by Gasteiger charge is -2.07. The van der Waals surface area contributed by atoms with E-state index in [0.717, 1.165) is 34.7 Å². The summed E-state index contributed by atoms with van der Waals surface area (Å²) in [7, 11) is 1.72. The van der Waals surface area contributed by atoms with Crippen molar-refractivity contribution in [3.8, 4) is 0 Å². The van der Waals surface area contributed by atoms with E-state index in [1.807, 2.05) is 28.7 Å². The molecule has 0 atom stereocenters. The molecule has 1 fully saturated rings. The third-order valence-corrected chi connectivity index (χ3v) is 6.33. The van der Waals surface area contributed by atoms with E-state index in [-0.39, 0.29) is 5.56 Å². The average Bonchev–Trinajstić information content (AvgIpc) is 3.46. The Labute approximate surface area is 165 Å². The second-order valence-electron chi connectivity index (χ2n) is 7.34. The molecular formula is C19H21N7OS. The van der Waals surface area contributed by atoms with Crippen LogP contribution >= 0.6 is 11.8 Å². The summed E-state index contributed by atoms with van der Waals surface area (Å²) in [5.41, 5.74) is 0.748. The Kier molecular flexibility index (Phi) is 4.38. The summed E-state index contributed by atoms with van der Waals surface area (Å²) in [5, 5.41) is 17.3. The fourth-order valence-corrected chi connectivity index (χ4v) is 4.77. The Balaban J connectivity index is 1.42. The van der Waals surface area contributed by atoms with E-state index in [1.54, 1.807) is 7.05 Å². The van der Waals surface area contributed by atoms with Gasteiger partial charge in [-0.1, -0.05) is 49.6 Å². The zero-order valence-corrected chi connectivity index (χ0v) is 16.4. The van der Waals surface area contributed by atoms with Crippen LogP contribution in [0, 0.1) is 5.92 Å². The van der Waals surface area contributed by atoms with E-state index >= 15 is 0 Å². The summed E-state index contributed by atoms with van der Waals surface area (Å²) in [5.74, 6) is 3.58. The topological polar surface area (TPSA) is 93.8 Å². The van der Waals surface area contributed by atoms with Gasteiger partial charge in [-0.25, -0.2) is 4.98 Å². The van der Waals surface area contributed by atoms with Gasteiger partial charge in [0.15, 0.2) is 0 Å². The maximum atomic E-state index is 12.5. The third kappa shape index (κ3) is 2.99. The average molecular weight is 395 g/mol. The van der Waals surface area contributed by atoms with Crippen LogP contribution in [0.4, 0.5) is 0 Å². The van der Waals surface area contributed by atoms with Gasteiger partial charge < -0.3 is 0 Å². The molecule has 0 radical (unpaired) electrons. The Hall–Kier alpha value is -2.68. The van der Waals surface area contributed by atoms with E-state index in [9.17, 15) is 4.79 Å². The highest BCUT2D eigenvalue weighted by Crippen LogP contribution is 2.28. The number of thioether (sulfide) groups is 1. The van der Waals surface area contributed by atoms with E-state index in [2.05, 4.69) is 25.4 Å². The molecule has 1 aliphatic rings. The predicted molar refractivity (Wildman–Crippen MR) is 107 cm³/mol. The Bertz CT molecular complexity index is 1200. The molecular weight excluding hydrogens is 374 g/mol. The number of aromatic nitrogens is 7. The zero-order valence-electron chi connectivity index (χ0n) is 15.6. The fourth-order valence-electron chi connectivity index (χ4n) is 4.04. The van der Waals surface area contributed by atoms with Gasteiger partial charge in [0.2, 0.25) is 10.9 Å². The van der Waals surface area contributed by atoms with E-state index in [0.29, 0.717) is 16.9 Å². The lowest BCUT2D eigenvalue weighted by molar-refractivity contribution is 0.531. The lowest BCUT2D eigenvalue weighted by Crippen LogP contribution is -2.20. The van der Waals surface area contributed by atoms with Gasteiger partial charge in [-0.05, 0) is 18.1 Å². The van der Waals surface area contributed by atoms with Crippen molar-refractivity contribution in [2.45, 2.75) is 43.0 Å². The van der Waals surface area contributed by atoms with Crippen LogP contribution in [-0.4, -0.2) is 34.3 Å².